The van der Waals surface area contributed by atoms with Crippen molar-refractivity contribution >= 4 is 54.9 Å². The van der Waals surface area contributed by atoms with E-state index in [1.54, 1.807) is 12.1 Å². The van der Waals surface area contributed by atoms with Crippen molar-refractivity contribution in [3.05, 3.63) is 21.1 Å². The zero-order valence-electron chi connectivity index (χ0n) is 5.71. The Labute approximate surface area is 91.6 Å². The number of aliphatic imine (C=N–C) groups is 1. The molecule has 0 fully saturated rings. The summed E-state index contributed by atoms with van der Waals surface area (Å²) >= 11 is 10.8. The lowest BCUT2D eigenvalue weighted by Gasteiger charge is -2.00. The minimum atomic E-state index is 0.151. The van der Waals surface area contributed by atoms with Gasteiger partial charge in [-0.05, 0) is 56.2 Å². The van der Waals surface area contributed by atoms with Crippen LogP contribution in [-0.2, 0) is 0 Å². The molecule has 12 heavy (non-hydrogen) atoms. The second-order valence-corrected chi connectivity index (χ2v) is 3.85. The molecule has 0 aromatic heterocycles. The lowest BCUT2D eigenvalue weighted by atomic mass is 10.3. The molecular weight excluding hydrogens is 306 g/mol. The van der Waals surface area contributed by atoms with Crippen molar-refractivity contribution < 1.29 is 5.11 Å². The molecule has 0 aliphatic carbocycles. The molecule has 1 rings (SSSR count). The van der Waals surface area contributed by atoms with Gasteiger partial charge in [0.1, 0.15) is 5.75 Å². The van der Waals surface area contributed by atoms with Gasteiger partial charge < -0.3 is 5.11 Å². The fourth-order valence-electron chi connectivity index (χ4n) is 0.669. The lowest BCUT2D eigenvalue weighted by molar-refractivity contribution is 0.468. The average Bonchev–Trinajstić information content (AvgIpc) is 2.01. The molecule has 62 valence electrons. The monoisotopic (exact) mass is 307 g/mol. The van der Waals surface area contributed by atoms with Crippen molar-refractivity contribution in [2.24, 2.45) is 4.99 Å². The summed E-state index contributed by atoms with van der Waals surface area (Å²) in [6.07, 6.45) is 0. The van der Waals surface area contributed by atoms with Crippen LogP contribution in [0.1, 0.15) is 0 Å². The zero-order chi connectivity index (χ0) is 9.14. The van der Waals surface area contributed by atoms with Crippen LogP contribution in [-0.4, -0.2) is 10.3 Å². The first-order chi connectivity index (χ1) is 5.65. The summed E-state index contributed by atoms with van der Waals surface area (Å²) in [4.78, 5) is 3.76. The highest BCUT2D eigenvalue weighted by atomic mass is 79.9. The normalized spacial score (nSPS) is 9.17. The van der Waals surface area contributed by atoms with Crippen molar-refractivity contribution in [3.63, 3.8) is 0 Å². The summed E-state index contributed by atoms with van der Waals surface area (Å²) in [7, 11) is 0. The Balaban J connectivity index is 3.30. The maximum atomic E-state index is 9.32. The molecule has 0 aliphatic rings. The molecule has 0 radical (unpaired) electrons. The Morgan fingerprint density at radius 3 is 2.25 bits per heavy atom. The summed E-state index contributed by atoms with van der Waals surface area (Å²) < 4.78 is 1.14. The van der Waals surface area contributed by atoms with E-state index in [2.05, 4.69) is 54.2 Å². The summed E-state index contributed by atoms with van der Waals surface area (Å²) in [5.41, 5.74) is 0.640. The summed E-state index contributed by atoms with van der Waals surface area (Å²) in [5.74, 6) is 0.151. The molecule has 0 aliphatic heterocycles. The van der Waals surface area contributed by atoms with Gasteiger partial charge in [-0.1, -0.05) is 0 Å². The first kappa shape index (κ1) is 9.86. The highest BCUT2D eigenvalue weighted by molar-refractivity contribution is 9.11. The Hall–Kier alpha value is -0.220. The van der Waals surface area contributed by atoms with E-state index >= 15 is 0 Å². The van der Waals surface area contributed by atoms with Crippen molar-refractivity contribution in [1.82, 2.24) is 0 Å². The van der Waals surface area contributed by atoms with Gasteiger partial charge in [0.25, 0.3) is 0 Å². The molecule has 0 unspecified atom stereocenters. The summed E-state index contributed by atoms with van der Waals surface area (Å²) in [6, 6.07) is 3.30. The second kappa shape index (κ2) is 4.14. The van der Waals surface area contributed by atoms with Crippen LogP contribution < -0.4 is 0 Å². The number of hydrogen-bond donors (Lipinski definition) is 1. The van der Waals surface area contributed by atoms with Gasteiger partial charge in [0.2, 0.25) is 0 Å². The topological polar surface area (TPSA) is 32.6 Å². The lowest BCUT2D eigenvalue weighted by Crippen LogP contribution is -1.72. The molecule has 0 spiro atoms. The summed E-state index contributed by atoms with van der Waals surface area (Å²) in [5, 5.41) is 11.6. The molecule has 0 atom stereocenters. The van der Waals surface area contributed by atoms with E-state index in [1.807, 2.05) is 0 Å². The van der Waals surface area contributed by atoms with E-state index in [-0.39, 0.29) is 5.75 Å². The zero-order valence-corrected chi connectivity index (χ0v) is 9.70. The van der Waals surface area contributed by atoms with Crippen molar-refractivity contribution in [2.75, 3.05) is 0 Å². The van der Waals surface area contributed by atoms with Crippen LogP contribution in [0.4, 0.5) is 5.69 Å². The van der Waals surface area contributed by atoms with Crippen LogP contribution in [0.15, 0.2) is 26.1 Å². The number of benzene rings is 1. The number of phenolic OH excluding ortho intramolecular Hbond substituents is 1. The van der Waals surface area contributed by atoms with Gasteiger partial charge in [-0.3, -0.25) is 0 Å². The molecule has 1 aromatic rings. The summed E-state index contributed by atoms with van der Waals surface area (Å²) in [6.45, 7) is 0. The number of hydrogen-bond acceptors (Lipinski definition) is 3. The largest absolute Gasteiger partial charge is 0.506 e. The predicted molar refractivity (Wildman–Crippen MR) is 58.2 cm³/mol. The Morgan fingerprint density at radius 1 is 1.33 bits per heavy atom. The van der Waals surface area contributed by atoms with Gasteiger partial charge in [0.15, 0.2) is 0 Å². The number of thiocarbonyl (C=S) groups is 1. The molecule has 5 heteroatoms. The predicted octanol–water partition coefficient (Wildman–Crippen LogP) is 3.65. The first-order valence-electron chi connectivity index (χ1n) is 2.91. The third-order valence-corrected chi connectivity index (χ3v) is 2.48. The highest BCUT2D eigenvalue weighted by Crippen LogP contribution is 2.35. The molecular formula is C7H3Br2NOS. The molecule has 0 heterocycles. The van der Waals surface area contributed by atoms with E-state index in [1.165, 1.54) is 0 Å². The minimum absolute atomic E-state index is 0.151. The first-order valence-corrected chi connectivity index (χ1v) is 4.90. The number of rotatable bonds is 1. The van der Waals surface area contributed by atoms with Gasteiger partial charge in [0.05, 0.1) is 19.8 Å². The van der Waals surface area contributed by atoms with Crippen molar-refractivity contribution in [2.45, 2.75) is 0 Å². The van der Waals surface area contributed by atoms with E-state index in [0.717, 1.165) is 0 Å². The quantitative estimate of drug-likeness (QED) is 0.634. The third-order valence-electron chi connectivity index (χ3n) is 1.18. The number of nitrogens with zero attached hydrogens (tertiary/aromatic N) is 1. The molecule has 0 amide bonds. The molecule has 1 aromatic carbocycles. The van der Waals surface area contributed by atoms with Crippen LogP contribution in [0.3, 0.4) is 0 Å². The van der Waals surface area contributed by atoms with Crippen LogP contribution in [0.25, 0.3) is 0 Å². The fraction of sp³-hybridized carbons (Fsp3) is 0. The van der Waals surface area contributed by atoms with Gasteiger partial charge in [-0.25, -0.2) is 0 Å². The minimum Gasteiger partial charge on any atom is -0.506 e. The molecule has 2 nitrogen and oxygen atoms in total. The van der Waals surface area contributed by atoms with Crippen LogP contribution >= 0.6 is 44.1 Å². The Bertz CT molecular complexity index is 337. The van der Waals surface area contributed by atoms with Gasteiger partial charge >= 0.3 is 0 Å². The van der Waals surface area contributed by atoms with Crippen LogP contribution in [0.5, 0.6) is 5.75 Å². The van der Waals surface area contributed by atoms with Gasteiger partial charge in [-0.2, -0.15) is 4.99 Å². The Kier molecular flexibility index (Phi) is 3.40. The van der Waals surface area contributed by atoms with E-state index in [9.17, 15) is 5.11 Å². The van der Waals surface area contributed by atoms with Gasteiger partial charge in [-0.15, -0.1) is 0 Å². The maximum Gasteiger partial charge on any atom is 0.144 e. The van der Waals surface area contributed by atoms with Crippen LogP contribution in [0.2, 0.25) is 0 Å². The smallest absolute Gasteiger partial charge is 0.144 e. The molecule has 0 saturated heterocycles. The van der Waals surface area contributed by atoms with Crippen molar-refractivity contribution in [3.8, 4) is 5.75 Å². The number of halogens is 2. The maximum absolute atomic E-state index is 9.32. The van der Waals surface area contributed by atoms with E-state index in [0.29, 0.717) is 14.6 Å². The number of isothiocyanates is 1. The number of phenols is 1. The molecule has 0 bridgehead atoms. The fourth-order valence-corrected chi connectivity index (χ4v) is 1.94. The molecule has 1 N–H and O–H groups in total. The SMILES string of the molecule is Oc1c(Br)cc(N=C=S)cc1Br. The average molecular weight is 309 g/mol. The Morgan fingerprint density at radius 2 is 1.83 bits per heavy atom. The highest BCUT2D eigenvalue weighted by Gasteiger charge is 2.04. The van der Waals surface area contributed by atoms with E-state index < -0.39 is 0 Å². The second-order valence-electron chi connectivity index (χ2n) is 1.96. The van der Waals surface area contributed by atoms with Crippen LogP contribution in [0, 0.1) is 0 Å². The van der Waals surface area contributed by atoms with Crippen molar-refractivity contribution in [1.29, 1.82) is 0 Å². The van der Waals surface area contributed by atoms with E-state index in [4.69, 9.17) is 0 Å². The van der Waals surface area contributed by atoms with Gasteiger partial charge in [0, 0.05) is 0 Å². The molecule has 0 saturated carbocycles. The number of aromatic hydroxyl groups is 1. The standard InChI is InChI=1S/C7H3Br2NOS/c8-5-1-4(10-3-12)2-6(9)7(5)11/h1-2,11H. The third kappa shape index (κ3) is 2.14.